The van der Waals surface area contributed by atoms with Gasteiger partial charge in [0.2, 0.25) is 0 Å². The van der Waals surface area contributed by atoms with Gasteiger partial charge in [-0.15, -0.1) is 35.3 Å². The molecule has 6 heteroatoms. The summed E-state index contributed by atoms with van der Waals surface area (Å²) in [5, 5.41) is 9.12. The number of thiophene rings is 1. The van der Waals surface area contributed by atoms with Gasteiger partial charge in [-0.1, -0.05) is 12.2 Å². The van der Waals surface area contributed by atoms with Crippen LogP contribution in [0.5, 0.6) is 0 Å². The number of hydrogen-bond acceptors (Lipinski definition) is 3. The SMILES string of the molecule is CN=C(NCCN1CCc2sccc2C1)NC1CC=CC1.I. The number of guanidine groups is 1. The first-order chi connectivity index (χ1) is 10.3. The molecule has 0 fully saturated rings. The van der Waals surface area contributed by atoms with Crippen LogP contribution in [0.4, 0.5) is 0 Å². The first-order valence-corrected chi connectivity index (χ1v) is 8.63. The Bertz CT molecular complexity index is 518. The Hall–Kier alpha value is -0.600. The molecule has 1 aliphatic heterocycles. The van der Waals surface area contributed by atoms with Crippen LogP contribution in [0, 0.1) is 0 Å². The van der Waals surface area contributed by atoms with Crippen LogP contribution in [0.25, 0.3) is 0 Å². The quantitative estimate of drug-likeness (QED) is 0.333. The zero-order chi connectivity index (χ0) is 14.5. The van der Waals surface area contributed by atoms with E-state index < -0.39 is 0 Å². The monoisotopic (exact) mass is 432 g/mol. The van der Waals surface area contributed by atoms with Gasteiger partial charge >= 0.3 is 0 Å². The lowest BCUT2D eigenvalue weighted by atomic mass is 10.1. The lowest BCUT2D eigenvalue weighted by Crippen LogP contribution is -2.45. The molecule has 1 aliphatic carbocycles. The minimum Gasteiger partial charge on any atom is -0.355 e. The second-order valence-electron chi connectivity index (χ2n) is 5.68. The average Bonchev–Trinajstić information content (AvgIpc) is 3.16. The van der Waals surface area contributed by atoms with Gasteiger partial charge in [0, 0.05) is 44.1 Å². The summed E-state index contributed by atoms with van der Waals surface area (Å²) < 4.78 is 0. The van der Waals surface area contributed by atoms with Crippen LogP contribution in [0.3, 0.4) is 0 Å². The molecule has 0 unspecified atom stereocenters. The highest BCUT2D eigenvalue weighted by molar-refractivity contribution is 14.0. The highest BCUT2D eigenvalue weighted by atomic mass is 127. The smallest absolute Gasteiger partial charge is 0.191 e. The van der Waals surface area contributed by atoms with Gasteiger partial charge in [0.1, 0.15) is 0 Å². The Morgan fingerprint density at radius 1 is 1.41 bits per heavy atom. The summed E-state index contributed by atoms with van der Waals surface area (Å²) in [7, 11) is 1.84. The second-order valence-corrected chi connectivity index (χ2v) is 6.68. The Morgan fingerprint density at radius 2 is 2.23 bits per heavy atom. The Balaban J connectivity index is 0.00000176. The van der Waals surface area contributed by atoms with Crippen molar-refractivity contribution in [3.05, 3.63) is 34.0 Å². The van der Waals surface area contributed by atoms with Crippen LogP contribution in [0.2, 0.25) is 0 Å². The third kappa shape index (κ3) is 4.70. The molecule has 0 amide bonds. The van der Waals surface area contributed by atoms with Crippen molar-refractivity contribution in [2.24, 2.45) is 4.99 Å². The number of nitrogens with one attached hydrogen (secondary N) is 2. The lowest BCUT2D eigenvalue weighted by Gasteiger charge is -2.27. The molecule has 0 atom stereocenters. The van der Waals surface area contributed by atoms with Crippen LogP contribution >= 0.6 is 35.3 Å². The summed E-state index contributed by atoms with van der Waals surface area (Å²) in [6.45, 7) is 4.28. The van der Waals surface area contributed by atoms with Crippen molar-refractivity contribution in [3.8, 4) is 0 Å². The molecule has 22 heavy (non-hydrogen) atoms. The second kappa shape index (κ2) is 8.88. The van der Waals surface area contributed by atoms with Gasteiger partial charge in [0.05, 0.1) is 0 Å². The molecule has 2 N–H and O–H groups in total. The van der Waals surface area contributed by atoms with Crippen molar-refractivity contribution >= 4 is 41.3 Å². The molecule has 0 saturated carbocycles. The van der Waals surface area contributed by atoms with Gasteiger partial charge in [-0.25, -0.2) is 0 Å². The normalized spacial score (nSPS) is 18.9. The van der Waals surface area contributed by atoms with E-state index in [0.29, 0.717) is 6.04 Å². The fraction of sp³-hybridized carbons (Fsp3) is 0.562. The highest BCUT2D eigenvalue weighted by Gasteiger charge is 2.17. The number of aliphatic imine (C=N–C) groups is 1. The molecule has 0 bridgehead atoms. The molecule has 122 valence electrons. The third-order valence-corrected chi connectivity index (χ3v) is 5.20. The van der Waals surface area contributed by atoms with E-state index in [1.165, 1.54) is 18.5 Å². The summed E-state index contributed by atoms with van der Waals surface area (Å²) in [6.07, 6.45) is 7.88. The maximum atomic E-state index is 4.31. The van der Waals surface area contributed by atoms with Gasteiger partial charge in [0.25, 0.3) is 0 Å². The van der Waals surface area contributed by atoms with E-state index >= 15 is 0 Å². The van der Waals surface area contributed by atoms with Crippen LogP contribution in [0.15, 0.2) is 28.6 Å². The molecular weight excluding hydrogens is 407 g/mol. The minimum absolute atomic E-state index is 0. The van der Waals surface area contributed by atoms with Crippen molar-refractivity contribution in [3.63, 3.8) is 0 Å². The van der Waals surface area contributed by atoms with Gasteiger partial charge < -0.3 is 10.6 Å². The van der Waals surface area contributed by atoms with E-state index in [1.807, 2.05) is 18.4 Å². The molecule has 0 aromatic carbocycles. The van der Waals surface area contributed by atoms with Crippen LogP contribution < -0.4 is 10.6 Å². The van der Waals surface area contributed by atoms with Crippen LogP contribution in [0.1, 0.15) is 23.3 Å². The molecule has 0 saturated heterocycles. The number of rotatable bonds is 4. The summed E-state index contributed by atoms with van der Waals surface area (Å²) in [6, 6.07) is 2.78. The van der Waals surface area contributed by atoms with Crippen molar-refractivity contribution in [1.82, 2.24) is 15.5 Å². The largest absolute Gasteiger partial charge is 0.355 e. The van der Waals surface area contributed by atoms with Crippen molar-refractivity contribution in [1.29, 1.82) is 0 Å². The average molecular weight is 432 g/mol. The third-order valence-electron chi connectivity index (χ3n) is 4.18. The molecular formula is C16H25IN4S. The zero-order valence-electron chi connectivity index (χ0n) is 13.0. The predicted octanol–water partition coefficient (Wildman–Crippen LogP) is 2.61. The topological polar surface area (TPSA) is 39.7 Å². The molecule has 4 nitrogen and oxygen atoms in total. The van der Waals surface area contributed by atoms with Crippen molar-refractivity contribution in [2.45, 2.75) is 31.8 Å². The van der Waals surface area contributed by atoms with Crippen molar-refractivity contribution in [2.75, 3.05) is 26.7 Å². The van der Waals surface area contributed by atoms with Crippen LogP contribution in [-0.4, -0.2) is 43.6 Å². The summed E-state index contributed by atoms with van der Waals surface area (Å²) >= 11 is 1.90. The zero-order valence-corrected chi connectivity index (χ0v) is 16.2. The standard InChI is InChI=1S/C16H24N4S.HI/c1-17-16(19-14-4-2-3-5-14)18-8-10-20-9-6-15-13(12-20)7-11-21-15;/h2-3,7,11,14H,4-6,8-10,12H2,1H3,(H2,17,18,19);1H. The molecule has 2 heterocycles. The van der Waals surface area contributed by atoms with E-state index in [2.05, 4.69) is 44.1 Å². The van der Waals surface area contributed by atoms with E-state index in [0.717, 1.165) is 38.4 Å². The summed E-state index contributed by atoms with van der Waals surface area (Å²) in [5.74, 6) is 0.928. The predicted molar refractivity (Wildman–Crippen MR) is 105 cm³/mol. The summed E-state index contributed by atoms with van der Waals surface area (Å²) in [4.78, 5) is 8.41. The van der Waals surface area contributed by atoms with E-state index in [1.54, 1.807) is 4.88 Å². The molecule has 2 aliphatic rings. The minimum atomic E-state index is 0. The number of hydrogen-bond donors (Lipinski definition) is 2. The number of fused-ring (bicyclic) bond motifs is 1. The van der Waals surface area contributed by atoms with Gasteiger partial charge in [0.15, 0.2) is 5.96 Å². The number of nitrogens with zero attached hydrogens (tertiary/aromatic N) is 2. The van der Waals surface area contributed by atoms with Crippen molar-refractivity contribution < 1.29 is 0 Å². The lowest BCUT2D eigenvalue weighted by molar-refractivity contribution is 0.260. The fourth-order valence-electron chi connectivity index (χ4n) is 2.95. The number of halogens is 1. The molecule has 0 radical (unpaired) electrons. The van der Waals surface area contributed by atoms with E-state index in [4.69, 9.17) is 0 Å². The highest BCUT2D eigenvalue weighted by Crippen LogP contribution is 2.23. The maximum Gasteiger partial charge on any atom is 0.191 e. The first kappa shape index (κ1) is 17.7. The Morgan fingerprint density at radius 3 is 3.00 bits per heavy atom. The van der Waals surface area contributed by atoms with Gasteiger partial charge in [-0.2, -0.15) is 0 Å². The Kier molecular flexibility index (Phi) is 7.17. The maximum absolute atomic E-state index is 4.31. The molecule has 1 aromatic heterocycles. The van der Waals surface area contributed by atoms with E-state index in [9.17, 15) is 0 Å². The fourth-order valence-corrected chi connectivity index (χ4v) is 3.84. The van der Waals surface area contributed by atoms with Gasteiger partial charge in [-0.3, -0.25) is 9.89 Å². The Labute approximate surface area is 154 Å². The molecule has 0 spiro atoms. The van der Waals surface area contributed by atoms with Crippen LogP contribution in [-0.2, 0) is 13.0 Å². The van der Waals surface area contributed by atoms with E-state index in [-0.39, 0.29) is 24.0 Å². The first-order valence-electron chi connectivity index (χ1n) is 7.75. The molecule has 3 rings (SSSR count). The summed E-state index contributed by atoms with van der Waals surface area (Å²) in [5.41, 5.74) is 1.52. The van der Waals surface area contributed by atoms with Gasteiger partial charge in [-0.05, 0) is 36.3 Å². The molecule has 1 aromatic rings.